The number of hydrogen-bond donors (Lipinski definition) is 2. The molecule has 0 bridgehead atoms. The number of rotatable bonds is 22. The quantitative estimate of drug-likeness (QED) is 0.0504. The Morgan fingerprint density at radius 3 is 2.16 bits per heavy atom. The summed E-state index contributed by atoms with van der Waals surface area (Å²) < 4.78 is 113. The molecule has 2 heterocycles. The number of halogens is 4. The van der Waals surface area contributed by atoms with E-state index < -0.39 is 61.1 Å². The number of sulfone groups is 1. The van der Waals surface area contributed by atoms with Gasteiger partial charge < -0.3 is 24.3 Å². The predicted octanol–water partition coefficient (Wildman–Crippen LogP) is 12.4. The molecule has 5 aromatic carbocycles. The normalized spacial score (nSPS) is 17.3. The van der Waals surface area contributed by atoms with Crippen LogP contribution in [0.15, 0.2) is 136 Å². The minimum atomic E-state index is -6.10. The zero-order valence-corrected chi connectivity index (χ0v) is 49.2. The molecule has 2 aliphatic heterocycles. The molecule has 2 saturated heterocycles. The van der Waals surface area contributed by atoms with E-state index in [1.165, 1.54) is 23.9 Å². The molecule has 77 heavy (non-hydrogen) atoms. The van der Waals surface area contributed by atoms with Gasteiger partial charge in [-0.3, -0.25) is 9.69 Å². The van der Waals surface area contributed by atoms with Crippen LogP contribution < -0.4 is 14.9 Å². The highest BCUT2D eigenvalue weighted by Gasteiger charge is 2.49. The van der Waals surface area contributed by atoms with Gasteiger partial charge >= 0.3 is 5.51 Å². The second-order valence-electron chi connectivity index (χ2n) is 21.3. The maximum Gasteiger partial charge on any atom is 0.501 e. The van der Waals surface area contributed by atoms with Gasteiger partial charge in [-0.25, -0.2) is 21.6 Å². The number of thioether (sulfide) groups is 1. The predicted molar refractivity (Wildman–Crippen MR) is 307 cm³/mol. The van der Waals surface area contributed by atoms with E-state index in [9.17, 15) is 34.8 Å². The second kappa shape index (κ2) is 25.8. The summed E-state index contributed by atoms with van der Waals surface area (Å²) in [7, 11) is -13.3. The van der Waals surface area contributed by atoms with Gasteiger partial charge in [0.15, 0.2) is 8.32 Å². The Morgan fingerprint density at radius 1 is 0.870 bits per heavy atom. The molecule has 7 rings (SSSR count). The molecule has 3 atom stereocenters. The zero-order valence-electron chi connectivity index (χ0n) is 45.0. The molecule has 0 radical (unpaired) electrons. The fraction of sp³-hybridized carbons (Fsp3) is 0.456. The van der Waals surface area contributed by atoms with E-state index in [1.54, 1.807) is 12.1 Å². The van der Waals surface area contributed by atoms with E-state index in [1.807, 2.05) is 65.4 Å². The highest BCUT2D eigenvalue weighted by Crippen LogP contribution is 2.46. The van der Waals surface area contributed by atoms with Crippen LogP contribution in [0.4, 0.5) is 24.5 Å². The first-order chi connectivity index (χ1) is 36.4. The number of ether oxygens (including phenoxy) is 1. The summed E-state index contributed by atoms with van der Waals surface area (Å²) >= 11 is 7.73. The standard InChI is InChI=1S/C57H73ClF3N5O7S3Si/c1-8-64(9-2)38-47-39-65(35-36-72-47)32-31-45(40-74-48-15-11-10-12-16-48)62-52-28-27-49(37-53(52)75(68,69)57(59,60)61)76(70,71)63-55(67)43-21-25-46(26-22-43)66-33-29-42(30-34-66)54(73-77(6,7)56(3,4)5)51-18-14-13-17-50(51)41-19-23-44(58)24-20-41/h10-28,37,42,45,47,54,62H,8-9,29-36,38-40H2,1-7H3,(H,63,67). The van der Waals surface area contributed by atoms with Gasteiger partial charge in [-0.2, -0.15) is 13.2 Å². The molecule has 0 aliphatic carbocycles. The lowest BCUT2D eigenvalue weighted by Crippen LogP contribution is -2.48. The largest absolute Gasteiger partial charge is 0.501 e. The van der Waals surface area contributed by atoms with Crippen molar-refractivity contribution in [3.8, 4) is 11.1 Å². The number of piperidine rings is 1. The van der Waals surface area contributed by atoms with Gasteiger partial charge in [0.25, 0.3) is 25.8 Å². The van der Waals surface area contributed by atoms with Crippen LogP contribution in [-0.2, 0) is 29.0 Å². The number of amides is 1. The number of carbonyl (C=O) groups is 1. The van der Waals surface area contributed by atoms with E-state index in [2.05, 4.69) is 85.9 Å². The van der Waals surface area contributed by atoms with Crippen molar-refractivity contribution in [2.24, 2.45) is 5.92 Å². The fourth-order valence-corrected chi connectivity index (χ4v) is 14.0. The summed E-state index contributed by atoms with van der Waals surface area (Å²) in [6, 6.07) is 34.0. The number of hydrogen-bond acceptors (Lipinski definition) is 12. The Bertz CT molecular complexity index is 2980. The van der Waals surface area contributed by atoms with Crippen molar-refractivity contribution in [3.05, 3.63) is 137 Å². The summed E-state index contributed by atoms with van der Waals surface area (Å²) in [6.45, 7) is 21.7. The van der Waals surface area contributed by atoms with Crippen molar-refractivity contribution in [1.82, 2.24) is 14.5 Å². The molecule has 3 unspecified atom stereocenters. The average molecular weight is 1160 g/mol. The molecule has 0 spiro atoms. The Labute approximate surface area is 464 Å². The summed E-state index contributed by atoms with van der Waals surface area (Å²) in [5.74, 6) is -0.496. The smallest absolute Gasteiger partial charge is 0.410 e. The first kappa shape index (κ1) is 60.2. The van der Waals surface area contributed by atoms with E-state index in [0.717, 1.165) is 71.9 Å². The minimum absolute atomic E-state index is 0.0197. The summed E-state index contributed by atoms with van der Waals surface area (Å²) in [5.41, 5.74) is -2.09. The number of anilines is 2. The third-order valence-corrected chi connectivity index (χ3v) is 23.9. The lowest BCUT2D eigenvalue weighted by molar-refractivity contribution is -0.0436. The summed E-state index contributed by atoms with van der Waals surface area (Å²) in [5, 5.41) is 3.69. The molecule has 2 N–H and O–H groups in total. The van der Waals surface area contributed by atoms with Gasteiger partial charge in [-0.15, -0.1) is 11.8 Å². The van der Waals surface area contributed by atoms with Crippen molar-refractivity contribution in [2.45, 2.75) is 110 Å². The molecule has 12 nitrogen and oxygen atoms in total. The average Bonchev–Trinajstić information content (AvgIpc) is 3.41. The summed E-state index contributed by atoms with van der Waals surface area (Å²) in [4.78, 5) is 19.1. The van der Waals surface area contributed by atoms with Gasteiger partial charge in [-0.05, 0) is 140 Å². The highest BCUT2D eigenvalue weighted by atomic mass is 35.5. The third kappa shape index (κ3) is 15.5. The number of benzene rings is 5. The molecule has 5 aromatic rings. The molecule has 20 heteroatoms. The van der Waals surface area contributed by atoms with Crippen molar-refractivity contribution in [3.63, 3.8) is 0 Å². The molecular weight excluding hydrogens is 1080 g/mol. The molecular formula is C57H73ClF3N5O7S3Si. The Hall–Kier alpha value is -4.44. The molecule has 0 aromatic heterocycles. The maximum absolute atomic E-state index is 14.4. The van der Waals surface area contributed by atoms with Crippen LogP contribution in [-0.4, -0.2) is 123 Å². The zero-order chi connectivity index (χ0) is 55.8. The molecule has 0 saturated carbocycles. The van der Waals surface area contributed by atoms with Crippen LogP contribution in [0.5, 0.6) is 0 Å². The number of morpholine rings is 1. The summed E-state index contributed by atoms with van der Waals surface area (Å²) in [6.07, 6.45) is 1.86. The Balaban J connectivity index is 1.05. The molecule has 418 valence electrons. The van der Waals surface area contributed by atoms with Crippen molar-refractivity contribution in [2.75, 3.05) is 74.9 Å². The second-order valence-corrected chi connectivity index (χ2v) is 31.2. The lowest BCUT2D eigenvalue weighted by Gasteiger charge is -2.44. The minimum Gasteiger partial charge on any atom is -0.410 e. The number of alkyl halides is 3. The van der Waals surface area contributed by atoms with Gasteiger partial charge in [0.1, 0.15) is 4.90 Å². The van der Waals surface area contributed by atoms with Crippen molar-refractivity contribution >= 4 is 68.8 Å². The number of carbonyl (C=O) groups excluding carboxylic acids is 1. The van der Waals surface area contributed by atoms with Crippen LogP contribution in [0.2, 0.25) is 23.2 Å². The first-order valence-corrected chi connectivity index (χ1v) is 33.5. The topological polar surface area (TPSA) is 138 Å². The van der Waals surface area contributed by atoms with Crippen molar-refractivity contribution in [1.29, 1.82) is 0 Å². The fourth-order valence-electron chi connectivity index (χ4n) is 9.54. The van der Waals surface area contributed by atoms with Gasteiger partial charge in [0.2, 0.25) is 0 Å². The van der Waals surface area contributed by atoms with E-state index in [4.69, 9.17) is 20.8 Å². The number of likely N-dealkylation sites (N-methyl/N-ethyl adjacent to an activating group) is 1. The van der Waals surface area contributed by atoms with Crippen molar-refractivity contribution < 1.29 is 44.0 Å². The van der Waals surface area contributed by atoms with E-state index in [0.29, 0.717) is 62.6 Å². The Kier molecular flexibility index (Phi) is 20.2. The number of nitrogens with one attached hydrogen (secondary N) is 2. The SMILES string of the molecule is CCN(CC)CC1CN(CCC(CSc2ccccc2)Nc2ccc(S(=O)(=O)NC(=O)c3ccc(N4CCC(C(O[Si](C)(C)C(C)(C)C)c5ccccc5-c5ccc(Cl)cc5)CC4)cc3)cc2S(=O)(=O)C(F)(F)F)CCO1. The highest BCUT2D eigenvalue weighted by molar-refractivity contribution is 7.99. The maximum atomic E-state index is 14.4. The van der Waals surface area contributed by atoms with Crippen LogP contribution in [0.1, 0.15) is 75.9 Å². The molecule has 2 aliphatic rings. The monoisotopic (exact) mass is 1160 g/mol. The third-order valence-electron chi connectivity index (χ3n) is 15.1. The van der Waals surface area contributed by atoms with Gasteiger partial charge in [-0.1, -0.05) is 101 Å². The van der Waals surface area contributed by atoms with Crippen LogP contribution in [0.3, 0.4) is 0 Å². The van der Waals surface area contributed by atoms with Crippen LogP contribution in [0, 0.1) is 5.92 Å². The number of nitrogens with zero attached hydrogens (tertiary/aromatic N) is 3. The van der Waals surface area contributed by atoms with Gasteiger partial charge in [0.05, 0.1) is 29.4 Å². The van der Waals surface area contributed by atoms with E-state index >= 15 is 0 Å². The first-order valence-electron chi connectivity index (χ1n) is 26.3. The molecule has 2 fully saturated rings. The van der Waals surface area contributed by atoms with Gasteiger partial charge in [0, 0.05) is 72.2 Å². The Morgan fingerprint density at radius 2 is 1.52 bits per heavy atom. The van der Waals surface area contributed by atoms with Crippen LogP contribution in [0.25, 0.3) is 11.1 Å². The lowest BCUT2D eigenvalue weighted by atomic mass is 9.84. The number of sulfonamides is 1. The molecule has 1 amide bonds. The van der Waals surface area contributed by atoms with Crippen LogP contribution >= 0.6 is 23.4 Å². The van der Waals surface area contributed by atoms with E-state index in [-0.39, 0.29) is 28.7 Å².